The standard InChI is InChI=1S/C10H16N2OS/c1-7(2)9-5-11-10(14-9)12-8-3-4-13-6-8/h5,7-8H,3-4,6H2,1-2H3,(H,11,12). The number of hydrogen-bond donors (Lipinski definition) is 1. The highest BCUT2D eigenvalue weighted by molar-refractivity contribution is 7.15. The van der Waals surface area contributed by atoms with Crippen molar-refractivity contribution >= 4 is 16.5 Å². The number of rotatable bonds is 3. The van der Waals surface area contributed by atoms with Crippen molar-refractivity contribution in [2.24, 2.45) is 0 Å². The van der Waals surface area contributed by atoms with E-state index in [1.807, 2.05) is 6.20 Å². The van der Waals surface area contributed by atoms with Crippen LogP contribution in [0, 0.1) is 0 Å². The van der Waals surface area contributed by atoms with Crippen LogP contribution in [-0.2, 0) is 4.74 Å². The Balaban J connectivity index is 1.95. The highest BCUT2D eigenvalue weighted by atomic mass is 32.1. The van der Waals surface area contributed by atoms with E-state index in [0.717, 1.165) is 24.8 Å². The number of nitrogens with one attached hydrogen (secondary N) is 1. The molecular formula is C10H16N2OS. The molecule has 1 fully saturated rings. The molecule has 1 aromatic rings. The van der Waals surface area contributed by atoms with Crippen molar-refractivity contribution in [3.05, 3.63) is 11.1 Å². The summed E-state index contributed by atoms with van der Waals surface area (Å²) >= 11 is 1.75. The lowest BCUT2D eigenvalue weighted by molar-refractivity contribution is 0.195. The van der Waals surface area contributed by atoms with Crippen molar-refractivity contribution in [3.8, 4) is 0 Å². The van der Waals surface area contributed by atoms with Crippen LogP contribution in [0.1, 0.15) is 31.1 Å². The fourth-order valence-corrected chi connectivity index (χ4v) is 2.34. The fourth-order valence-electron chi connectivity index (χ4n) is 1.44. The summed E-state index contributed by atoms with van der Waals surface area (Å²) in [4.78, 5) is 5.69. The molecule has 0 aliphatic carbocycles. The Morgan fingerprint density at radius 2 is 2.50 bits per heavy atom. The van der Waals surface area contributed by atoms with E-state index in [1.165, 1.54) is 4.88 Å². The van der Waals surface area contributed by atoms with Crippen LogP contribution in [-0.4, -0.2) is 24.2 Å². The van der Waals surface area contributed by atoms with Gasteiger partial charge in [-0.15, -0.1) is 11.3 Å². The molecule has 3 nitrogen and oxygen atoms in total. The molecule has 4 heteroatoms. The summed E-state index contributed by atoms with van der Waals surface area (Å²) in [5, 5.41) is 4.43. The molecule has 0 amide bonds. The van der Waals surface area contributed by atoms with Crippen LogP contribution in [0.25, 0.3) is 0 Å². The summed E-state index contributed by atoms with van der Waals surface area (Å²) in [5.41, 5.74) is 0. The highest BCUT2D eigenvalue weighted by Crippen LogP contribution is 2.26. The van der Waals surface area contributed by atoms with Gasteiger partial charge < -0.3 is 10.1 Å². The molecule has 0 spiro atoms. The zero-order valence-electron chi connectivity index (χ0n) is 8.62. The topological polar surface area (TPSA) is 34.2 Å². The lowest BCUT2D eigenvalue weighted by Gasteiger charge is -2.07. The predicted octanol–water partition coefficient (Wildman–Crippen LogP) is 2.47. The summed E-state index contributed by atoms with van der Waals surface area (Å²) in [6.45, 7) is 6.07. The third-order valence-electron chi connectivity index (χ3n) is 2.35. The Labute approximate surface area is 88.5 Å². The molecule has 1 atom stereocenters. The zero-order chi connectivity index (χ0) is 9.97. The van der Waals surface area contributed by atoms with Gasteiger partial charge in [0.2, 0.25) is 0 Å². The first-order valence-corrected chi connectivity index (χ1v) is 5.87. The number of thiazole rings is 1. The largest absolute Gasteiger partial charge is 0.379 e. The maximum atomic E-state index is 5.30. The fraction of sp³-hybridized carbons (Fsp3) is 0.700. The molecule has 1 aliphatic heterocycles. The van der Waals surface area contributed by atoms with Crippen molar-refractivity contribution in [1.82, 2.24) is 4.98 Å². The minimum atomic E-state index is 0.459. The molecule has 1 N–H and O–H groups in total. The summed E-state index contributed by atoms with van der Waals surface area (Å²) in [7, 11) is 0. The second kappa shape index (κ2) is 4.28. The predicted molar refractivity (Wildman–Crippen MR) is 59.0 cm³/mol. The molecule has 78 valence electrons. The van der Waals surface area contributed by atoms with Crippen molar-refractivity contribution in [2.75, 3.05) is 18.5 Å². The molecule has 1 unspecified atom stereocenters. The second-order valence-corrected chi connectivity index (χ2v) is 4.99. The number of aromatic nitrogens is 1. The van der Waals surface area contributed by atoms with Crippen molar-refractivity contribution in [1.29, 1.82) is 0 Å². The molecule has 0 aromatic carbocycles. The summed E-state index contributed by atoms with van der Waals surface area (Å²) < 4.78 is 5.30. The Bertz CT molecular complexity index is 292. The number of anilines is 1. The van der Waals surface area contributed by atoms with Crippen molar-refractivity contribution in [2.45, 2.75) is 32.2 Å². The third kappa shape index (κ3) is 2.25. The summed E-state index contributed by atoms with van der Waals surface area (Å²) in [6, 6.07) is 0.459. The quantitative estimate of drug-likeness (QED) is 0.835. The Kier molecular flexibility index (Phi) is 3.03. The van der Waals surface area contributed by atoms with E-state index in [4.69, 9.17) is 4.74 Å². The first-order valence-electron chi connectivity index (χ1n) is 5.05. The first-order chi connectivity index (χ1) is 6.75. The Morgan fingerprint density at radius 1 is 1.64 bits per heavy atom. The van der Waals surface area contributed by atoms with Gasteiger partial charge in [0.1, 0.15) is 0 Å². The van der Waals surface area contributed by atoms with E-state index >= 15 is 0 Å². The normalized spacial score (nSPS) is 21.8. The van der Waals surface area contributed by atoms with Gasteiger partial charge in [0, 0.05) is 17.7 Å². The van der Waals surface area contributed by atoms with Crippen LogP contribution >= 0.6 is 11.3 Å². The SMILES string of the molecule is CC(C)c1cnc(NC2CCOC2)s1. The lowest BCUT2D eigenvalue weighted by Crippen LogP contribution is -2.18. The van der Waals surface area contributed by atoms with Gasteiger partial charge in [-0.25, -0.2) is 4.98 Å². The smallest absolute Gasteiger partial charge is 0.183 e. The zero-order valence-corrected chi connectivity index (χ0v) is 9.43. The molecule has 1 saturated heterocycles. The third-order valence-corrected chi connectivity index (χ3v) is 3.58. The van der Waals surface area contributed by atoms with Gasteiger partial charge >= 0.3 is 0 Å². The number of nitrogens with zero attached hydrogens (tertiary/aromatic N) is 1. The van der Waals surface area contributed by atoms with Crippen LogP contribution in [0.5, 0.6) is 0 Å². The van der Waals surface area contributed by atoms with Gasteiger partial charge in [0.05, 0.1) is 12.6 Å². The monoisotopic (exact) mass is 212 g/mol. The van der Waals surface area contributed by atoms with E-state index in [2.05, 4.69) is 24.1 Å². The van der Waals surface area contributed by atoms with Crippen molar-refractivity contribution in [3.63, 3.8) is 0 Å². The van der Waals surface area contributed by atoms with Gasteiger partial charge in [-0.05, 0) is 12.3 Å². The molecule has 0 radical (unpaired) electrons. The molecule has 2 rings (SSSR count). The summed E-state index contributed by atoms with van der Waals surface area (Å²) in [5.74, 6) is 0.572. The van der Waals surface area contributed by atoms with Crippen LogP contribution in [0.15, 0.2) is 6.20 Å². The average Bonchev–Trinajstić information content (AvgIpc) is 2.75. The van der Waals surface area contributed by atoms with Gasteiger partial charge in [-0.1, -0.05) is 13.8 Å². The number of hydrogen-bond acceptors (Lipinski definition) is 4. The maximum absolute atomic E-state index is 5.30. The number of ether oxygens (including phenoxy) is 1. The first kappa shape index (κ1) is 9.93. The van der Waals surface area contributed by atoms with Gasteiger partial charge in [-0.3, -0.25) is 0 Å². The Hall–Kier alpha value is -0.610. The van der Waals surface area contributed by atoms with Gasteiger partial charge in [-0.2, -0.15) is 0 Å². The molecular weight excluding hydrogens is 196 g/mol. The van der Waals surface area contributed by atoms with Crippen LogP contribution in [0.4, 0.5) is 5.13 Å². The molecule has 0 saturated carbocycles. The minimum Gasteiger partial charge on any atom is -0.379 e. The lowest BCUT2D eigenvalue weighted by atomic mass is 10.2. The molecule has 0 bridgehead atoms. The van der Waals surface area contributed by atoms with Crippen LogP contribution < -0.4 is 5.32 Å². The van der Waals surface area contributed by atoms with Gasteiger partial charge in [0.25, 0.3) is 0 Å². The van der Waals surface area contributed by atoms with Crippen LogP contribution in [0.2, 0.25) is 0 Å². The van der Waals surface area contributed by atoms with Crippen LogP contribution in [0.3, 0.4) is 0 Å². The molecule has 14 heavy (non-hydrogen) atoms. The molecule has 1 aliphatic rings. The van der Waals surface area contributed by atoms with Crippen molar-refractivity contribution < 1.29 is 4.74 Å². The second-order valence-electron chi connectivity index (χ2n) is 3.93. The van der Waals surface area contributed by atoms with E-state index in [1.54, 1.807) is 11.3 Å². The molecule has 2 heterocycles. The average molecular weight is 212 g/mol. The Morgan fingerprint density at radius 3 is 3.07 bits per heavy atom. The van der Waals surface area contributed by atoms with E-state index in [9.17, 15) is 0 Å². The van der Waals surface area contributed by atoms with E-state index in [0.29, 0.717) is 12.0 Å². The van der Waals surface area contributed by atoms with E-state index < -0.39 is 0 Å². The highest BCUT2D eigenvalue weighted by Gasteiger charge is 2.16. The van der Waals surface area contributed by atoms with E-state index in [-0.39, 0.29) is 0 Å². The summed E-state index contributed by atoms with van der Waals surface area (Å²) in [6.07, 6.45) is 3.06. The van der Waals surface area contributed by atoms with Gasteiger partial charge in [0.15, 0.2) is 5.13 Å². The maximum Gasteiger partial charge on any atom is 0.183 e. The molecule has 1 aromatic heterocycles. The minimum absolute atomic E-state index is 0.459.